The van der Waals surface area contributed by atoms with Crippen LogP contribution in [0.3, 0.4) is 0 Å². The van der Waals surface area contributed by atoms with Crippen LogP contribution in [0.25, 0.3) is 0 Å². The van der Waals surface area contributed by atoms with Gasteiger partial charge in [-0.3, -0.25) is 9.69 Å². The molecule has 142 valence electrons. The molecule has 3 aliphatic rings. The van der Waals surface area contributed by atoms with Crippen LogP contribution in [0.15, 0.2) is 18.2 Å². The van der Waals surface area contributed by atoms with E-state index in [1.165, 1.54) is 11.1 Å². The summed E-state index contributed by atoms with van der Waals surface area (Å²) in [6, 6.07) is 6.64. The van der Waals surface area contributed by atoms with Crippen LogP contribution in [0.4, 0.5) is 0 Å². The lowest BCUT2D eigenvalue weighted by Gasteiger charge is -2.42. The molecule has 0 bridgehead atoms. The number of hydrogen-bond donors (Lipinski definition) is 0. The number of fused-ring (bicyclic) bond motifs is 1. The number of likely N-dealkylation sites (tertiary alicyclic amines) is 2. The number of methoxy groups -OCH3 is 1. The summed E-state index contributed by atoms with van der Waals surface area (Å²) in [5, 5.41) is 0. The molecular weight excluding hydrogens is 328 g/mol. The maximum atomic E-state index is 11.9. The number of carbonyl (C=O) groups excluding carboxylic acids is 1. The van der Waals surface area contributed by atoms with Crippen LogP contribution in [0.5, 0.6) is 5.75 Å². The number of amides is 1. The maximum Gasteiger partial charge on any atom is 0.219 e. The van der Waals surface area contributed by atoms with Gasteiger partial charge in [0.05, 0.1) is 13.2 Å². The first-order valence-electron chi connectivity index (χ1n) is 9.81. The van der Waals surface area contributed by atoms with Gasteiger partial charge in [0.2, 0.25) is 5.91 Å². The fraction of sp³-hybridized carbons (Fsp3) is 0.667. The predicted molar refractivity (Wildman–Crippen MR) is 100 cm³/mol. The molecule has 0 aliphatic carbocycles. The van der Waals surface area contributed by atoms with Crippen molar-refractivity contribution in [2.24, 2.45) is 11.3 Å². The second-order valence-electron chi connectivity index (χ2n) is 8.23. The Morgan fingerprint density at radius 2 is 2.15 bits per heavy atom. The molecule has 3 heterocycles. The molecule has 26 heavy (non-hydrogen) atoms. The average Bonchev–Trinajstić information content (AvgIpc) is 3.23. The van der Waals surface area contributed by atoms with Crippen LogP contribution in [-0.4, -0.2) is 62.2 Å². The van der Waals surface area contributed by atoms with Gasteiger partial charge in [0.15, 0.2) is 0 Å². The molecule has 1 amide bonds. The molecule has 0 aromatic heterocycles. The third kappa shape index (κ3) is 3.35. The monoisotopic (exact) mass is 358 g/mol. The summed E-state index contributed by atoms with van der Waals surface area (Å²) in [6.07, 6.45) is 3.34. The Balaban J connectivity index is 1.39. The molecule has 2 fully saturated rings. The van der Waals surface area contributed by atoms with E-state index < -0.39 is 0 Å². The van der Waals surface area contributed by atoms with Crippen molar-refractivity contribution in [3.8, 4) is 5.75 Å². The molecule has 0 radical (unpaired) electrons. The number of nitrogens with zero attached hydrogens (tertiary/aromatic N) is 2. The van der Waals surface area contributed by atoms with Gasteiger partial charge >= 0.3 is 0 Å². The quantitative estimate of drug-likeness (QED) is 0.828. The third-order valence-electron chi connectivity index (χ3n) is 6.64. The zero-order valence-corrected chi connectivity index (χ0v) is 16.0. The van der Waals surface area contributed by atoms with Crippen LogP contribution in [-0.2, 0) is 22.5 Å². The lowest BCUT2D eigenvalue weighted by Crippen LogP contribution is -2.45. The fourth-order valence-corrected chi connectivity index (χ4v) is 5.02. The summed E-state index contributed by atoms with van der Waals surface area (Å²) in [6.45, 7) is 8.23. The summed E-state index contributed by atoms with van der Waals surface area (Å²) in [4.78, 5) is 16.5. The molecule has 5 heteroatoms. The smallest absolute Gasteiger partial charge is 0.219 e. The molecule has 1 atom stereocenters. The van der Waals surface area contributed by atoms with Crippen LogP contribution < -0.4 is 4.74 Å². The van der Waals surface area contributed by atoms with Gasteiger partial charge in [-0.2, -0.15) is 0 Å². The van der Waals surface area contributed by atoms with Crippen molar-refractivity contribution < 1.29 is 14.3 Å². The van der Waals surface area contributed by atoms with Crippen LogP contribution >= 0.6 is 0 Å². The summed E-state index contributed by atoms with van der Waals surface area (Å²) >= 11 is 0. The Bertz CT molecular complexity index is 667. The molecule has 1 spiro atoms. The van der Waals surface area contributed by atoms with E-state index in [0.29, 0.717) is 5.92 Å². The van der Waals surface area contributed by atoms with Gasteiger partial charge < -0.3 is 14.4 Å². The highest BCUT2D eigenvalue weighted by Crippen LogP contribution is 2.45. The second kappa shape index (κ2) is 7.20. The number of benzene rings is 1. The minimum absolute atomic E-state index is 0.200. The second-order valence-corrected chi connectivity index (χ2v) is 8.23. The lowest BCUT2D eigenvalue weighted by atomic mass is 9.71. The highest BCUT2D eigenvalue weighted by molar-refractivity contribution is 5.73. The van der Waals surface area contributed by atoms with Gasteiger partial charge in [-0.05, 0) is 48.5 Å². The summed E-state index contributed by atoms with van der Waals surface area (Å²) in [5.74, 6) is 1.73. The topological polar surface area (TPSA) is 42.0 Å². The van der Waals surface area contributed by atoms with Crippen molar-refractivity contribution in [3.05, 3.63) is 29.3 Å². The van der Waals surface area contributed by atoms with Gasteiger partial charge in [0.25, 0.3) is 0 Å². The van der Waals surface area contributed by atoms with Crippen LogP contribution in [0.1, 0.15) is 30.9 Å². The zero-order chi connectivity index (χ0) is 18.1. The van der Waals surface area contributed by atoms with Gasteiger partial charge in [-0.15, -0.1) is 0 Å². The van der Waals surface area contributed by atoms with Crippen LogP contribution in [0, 0.1) is 11.3 Å². The minimum Gasteiger partial charge on any atom is -0.493 e. The Hall–Kier alpha value is -1.59. The van der Waals surface area contributed by atoms with Crippen molar-refractivity contribution in [1.82, 2.24) is 9.80 Å². The van der Waals surface area contributed by atoms with Crippen LogP contribution in [0.2, 0.25) is 0 Å². The molecule has 2 saturated heterocycles. The highest BCUT2D eigenvalue weighted by atomic mass is 16.5. The first-order chi connectivity index (χ1) is 12.6. The molecule has 1 aromatic carbocycles. The Morgan fingerprint density at radius 1 is 1.35 bits per heavy atom. The van der Waals surface area contributed by atoms with Gasteiger partial charge in [-0.25, -0.2) is 0 Å². The van der Waals surface area contributed by atoms with Crippen molar-refractivity contribution >= 4 is 5.91 Å². The van der Waals surface area contributed by atoms with Gasteiger partial charge in [-0.1, -0.05) is 12.1 Å². The van der Waals surface area contributed by atoms with E-state index in [1.807, 2.05) is 4.90 Å². The van der Waals surface area contributed by atoms with E-state index >= 15 is 0 Å². The maximum absolute atomic E-state index is 11.9. The number of ether oxygens (including phenoxy) is 2. The normalized spacial score (nSPS) is 24.7. The fourth-order valence-electron chi connectivity index (χ4n) is 5.02. The predicted octanol–water partition coefficient (Wildman–Crippen LogP) is 2.33. The van der Waals surface area contributed by atoms with Crippen molar-refractivity contribution in [1.29, 1.82) is 0 Å². The van der Waals surface area contributed by atoms with E-state index in [9.17, 15) is 4.79 Å². The molecule has 0 saturated carbocycles. The Kier molecular flexibility index (Phi) is 4.93. The van der Waals surface area contributed by atoms with E-state index in [1.54, 1.807) is 14.0 Å². The molecule has 4 rings (SSSR count). The van der Waals surface area contributed by atoms with E-state index in [2.05, 4.69) is 23.1 Å². The molecule has 5 nitrogen and oxygen atoms in total. The van der Waals surface area contributed by atoms with E-state index in [0.717, 1.165) is 70.9 Å². The first-order valence-corrected chi connectivity index (χ1v) is 9.81. The van der Waals surface area contributed by atoms with E-state index in [-0.39, 0.29) is 11.3 Å². The molecule has 3 aliphatic heterocycles. The molecule has 0 N–H and O–H groups in total. The molecular formula is C21H30N2O3. The average molecular weight is 358 g/mol. The minimum atomic E-state index is 0.200. The van der Waals surface area contributed by atoms with Crippen molar-refractivity contribution in [2.45, 2.75) is 32.7 Å². The number of piperidine rings is 1. The number of rotatable bonds is 4. The first kappa shape index (κ1) is 17.8. The third-order valence-corrected chi connectivity index (χ3v) is 6.64. The highest BCUT2D eigenvalue weighted by Gasteiger charge is 2.48. The molecule has 1 unspecified atom stereocenters. The summed E-state index contributed by atoms with van der Waals surface area (Å²) in [7, 11) is 1.77. The molecule has 1 aromatic rings. The van der Waals surface area contributed by atoms with E-state index in [4.69, 9.17) is 9.47 Å². The zero-order valence-electron chi connectivity index (χ0n) is 16.0. The summed E-state index contributed by atoms with van der Waals surface area (Å²) in [5.41, 5.74) is 2.98. The van der Waals surface area contributed by atoms with Crippen molar-refractivity contribution in [3.63, 3.8) is 0 Å². The Labute approximate surface area is 156 Å². The van der Waals surface area contributed by atoms with Gasteiger partial charge in [0.1, 0.15) is 5.75 Å². The summed E-state index contributed by atoms with van der Waals surface area (Å²) < 4.78 is 11.1. The standard InChI is InChI=1S/C21H30N2O3/c1-16(24)23-13-19(14-25-2)21(15-23)6-8-22(9-7-21)12-17-3-4-20-18(11-17)5-10-26-20/h3-4,11,19H,5-10,12-15H2,1-2H3. The number of carbonyl (C=O) groups is 1. The van der Waals surface area contributed by atoms with Crippen molar-refractivity contribution in [2.75, 3.05) is 46.5 Å². The Morgan fingerprint density at radius 3 is 2.88 bits per heavy atom. The largest absolute Gasteiger partial charge is 0.493 e. The SMILES string of the molecule is COCC1CN(C(C)=O)CC12CCN(Cc1ccc3c(c1)CCO3)CC2. The number of hydrogen-bond acceptors (Lipinski definition) is 4. The van der Waals surface area contributed by atoms with Gasteiger partial charge in [0, 0.05) is 46.0 Å². The lowest BCUT2D eigenvalue weighted by molar-refractivity contribution is -0.128.